The van der Waals surface area contributed by atoms with E-state index >= 15 is 0 Å². The van der Waals surface area contributed by atoms with E-state index in [2.05, 4.69) is 0 Å². The first-order valence-electron chi connectivity index (χ1n) is 4.36. The van der Waals surface area contributed by atoms with Gasteiger partial charge in [0.25, 0.3) is 0 Å². The SMILES string of the molecule is CC.CC(CN(C)C)OCC=O. The van der Waals surface area contributed by atoms with Crippen molar-refractivity contribution in [2.75, 3.05) is 27.2 Å². The number of hydrogen-bond acceptors (Lipinski definition) is 3. The minimum atomic E-state index is 0.139. The smallest absolute Gasteiger partial charge is 0.145 e. The van der Waals surface area contributed by atoms with Crippen LogP contribution in [0.2, 0.25) is 0 Å². The monoisotopic (exact) mass is 175 g/mol. The molecule has 0 saturated carbocycles. The van der Waals surface area contributed by atoms with Crippen molar-refractivity contribution in [1.29, 1.82) is 0 Å². The van der Waals surface area contributed by atoms with Crippen molar-refractivity contribution in [1.82, 2.24) is 4.90 Å². The minimum absolute atomic E-state index is 0.139. The summed E-state index contributed by atoms with van der Waals surface area (Å²) in [5, 5.41) is 0. The molecule has 0 radical (unpaired) electrons. The Bertz CT molecular complexity index is 94.5. The van der Waals surface area contributed by atoms with Gasteiger partial charge in [0.2, 0.25) is 0 Å². The molecule has 3 heteroatoms. The molecule has 0 fully saturated rings. The fourth-order valence-electron chi connectivity index (χ4n) is 0.770. The molecule has 0 heterocycles. The topological polar surface area (TPSA) is 29.5 Å². The minimum Gasteiger partial charge on any atom is -0.370 e. The lowest BCUT2D eigenvalue weighted by molar-refractivity contribution is -0.113. The standard InChI is InChI=1S/C7H15NO2.C2H6/c1-7(6-8(2)3)10-5-4-9;1-2/h4,7H,5-6H2,1-3H3;1-2H3. The Hall–Kier alpha value is -0.410. The zero-order chi connectivity index (χ0) is 9.98. The van der Waals surface area contributed by atoms with Crippen molar-refractivity contribution in [2.24, 2.45) is 0 Å². The second kappa shape index (κ2) is 10.6. The molecule has 0 aromatic rings. The maximum Gasteiger partial charge on any atom is 0.145 e. The molecule has 0 spiro atoms. The van der Waals surface area contributed by atoms with E-state index in [1.165, 1.54) is 0 Å². The summed E-state index contributed by atoms with van der Waals surface area (Å²) in [7, 11) is 3.95. The van der Waals surface area contributed by atoms with Crippen LogP contribution in [0.25, 0.3) is 0 Å². The van der Waals surface area contributed by atoms with Gasteiger partial charge in [0.1, 0.15) is 12.9 Å². The van der Waals surface area contributed by atoms with Crippen LogP contribution >= 0.6 is 0 Å². The molecular formula is C9H21NO2. The molecular weight excluding hydrogens is 154 g/mol. The molecule has 0 saturated heterocycles. The molecule has 0 N–H and O–H groups in total. The largest absolute Gasteiger partial charge is 0.370 e. The lowest BCUT2D eigenvalue weighted by atomic mass is 10.4. The van der Waals surface area contributed by atoms with Gasteiger partial charge in [-0.25, -0.2) is 0 Å². The molecule has 12 heavy (non-hydrogen) atoms. The Balaban J connectivity index is 0. The number of nitrogens with zero attached hydrogens (tertiary/aromatic N) is 1. The highest BCUT2D eigenvalue weighted by molar-refractivity contribution is 5.50. The summed E-state index contributed by atoms with van der Waals surface area (Å²) in [5.74, 6) is 0. The Morgan fingerprint density at radius 3 is 2.25 bits per heavy atom. The van der Waals surface area contributed by atoms with Gasteiger partial charge in [-0.15, -0.1) is 0 Å². The first-order chi connectivity index (χ1) is 5.66. The van der Waals surface area contributed by atoms with Gasteiger partial charge in [0, 0.05) is 6.54 Å². The van der Waals surface area contributed by atoms with Gasteiger partial charge in [-0.2, -0.15) is 0 Å². The Morgan fingerprint density at radius 1 is 1.42 bits per heavy atom. The molecule has 1 atom stereocenters. The van der Waals surface area contributed by atoms with Crippen molar-refractivity contribution in [3.63, 3.8) is 0 Å². The van der Waals surface area contributed by atoms with Gasteiger partial charge in [-0.1, -0.05) is 13.8 Å². The number of carbonyl (C=O) groups is 1. The molecule has 1 unspecified atom stereocenters. The maximum absolute atomic E-state index is 9.86. The van der Waals surface area contributed by atoms with Crippen LogP contribution in [0.1, 0.15) is 20.8 Å². The van der Waals surface area contributed by atoms with Crippen LogP contribution in [0.5, 0.6) is 0 Å². The van der Waals surface area contributed by atoms with Gasteiger partial charge < -0.3 is 14.4 Å². The van der Waals surface area contributed by atoms with Crippen molar-refractivity contribution < 1.29 is 9.53 Å². The van der Waals surface area contributed by atoms with Crippen molar-refractivity contribution in [3.05, 3.63) is 0 Å². The summed E-state index contributed by atoms with van der Waals surface area (Å²) >= 11 is 0. The molecule has 3 nitrogen and oxygen atoms in total. The molecule has 0 aromatic carbocycles. The molecule has 0 bridgehead atoms. The molecule has 0 aromatic heterocycles. The zero-order valence-corrected chi connectivity index (χ0v) is 8.83. The Morgan fingerprint density at radius 2 is 1.92 bits per heavy atom. The lowest BCUT2D eigenvalue weighted by Gasteiger charge is -2.15. The van der Waals surface area contributed by atoms with E-state index < -0.39 is 0 Å². The first kappa shape index (κ1) is 14.1. The Labute approximate surface area is 75.7 Å². The zero-order valence-electron chi connectivity index (χ0n) is 8.83. The van der Waals surface area contributed by atoms with E-state index in [1.54, 1.807) is 0 Å². The van der Waals surface area contributed by atoms with Gasteiger partial charge in [-0.05, 0) is 21.0 Å². The Kier molecular flexibility index (Phi) is 12.5. The average molecular weight is 175 g/mol. The van der Waals surface area contributed by atoms with Gasteiger partial charge >= 0.3 is 0 Å². The fraction of sp³-hybridized carbons (Fsp3) is 0.889. The summed E-state index contributed by atoms with van der Waals surface area (Å²) in [5.41, 5.74) is 0. The van der Waals surface area contributed by atoms with Gasteiger partial charge in [0.15, 0.2) is 0 Å². The predicted octanol–water partition coefficient (Wildman–Crippen LogP) is 1.18. The van der Waals surface area contributed by atoms with Crippen molar-refractivity contribution in [2.45, 2.75) is 26.9 Å². The highest BCUT2D eigenvalue weighted by atomic mass is 16.5. The van der Waals surface area contributed by atoms with Gasteiger partial charge in [0.05, 0.1) is 6.10 Å². The van der Waals surface area contributed by atoms with E-state index in [4.69, 9.17) is 4.74 Å². The van der Waals surface area contributed by atoms with E-state index in [0.29, 0.717) is 0 Å². The van der Waals surface area contributed by atoms with Crippen molar-refractivity contribution >= 4 is 6.29 Å². The molecule has 0 aliphatic heterocycles. The van der Waals surface area contributed by atoms with Crippen LogP contribution in [0.3, 0.4) is 0 Å². The molecule has 0 rings (SSSR count). The van der Waals surface area contributed by atoms with Crippen LogP contribution in [-0.4, -0.2) is 44.5 Å². The second-order valence-electron chi connectivity index (χ2n) is 2.57. The quantitative estimate of drug-likeness (QED) is 0.588. The van der Waals surface area contributed by atoms with E-state index in [1.807, 2.05) is 39.8 Å². The first-order valence-corrected chi connectivity index (χ1v) is 4.36. The second-order valence-corrected chi connectivity index (χ2v) is 2.57. The fourth-order valence-corrected chi connectivity index (χ4v) is 0.770. The van der Waals surface area contributed by atoms with E-state index in [0.717, 1.165) is 12.8 Å². The normalized spacial score (nSPS) is 11.8. The highest BCUT2D eigenvalue weighted by Gasteiger charge is 2.01. The summed E-state index contributed by atoms with van der Waals surface area (Å²) < 4.78 is 5.09. The van der Waals surface area contributed by atoms with Crippen LogP contribution in [-0.2, 0) is 9.53 Å². The summed E-state index contributed by atoms with van der Waals surface area (Å²) in [4.78, 5) is 11.9. The molecule has 74 valence electrons. The van der Waals surface area contributed by atoms with Crippen LogP contribution in [0.4, 0.5) is 0 Å². The third kappa shape index (κ3) is 12.3. The number of likely N-dealkylation sites (N-methyl/N-ethyl adjacent to an activating group) is 1. The summed E-state index contributed by atoms with van der Waals surface area (Å²) in [6.45, 7) is 7.01. The average Bonchev–Trinajstić information content (AvgIpc) is 2.03. The van der Waals surface area contributed by atoms with Crippen molar-refractivity contribution in [3.8, 4) is 0 Å². The predicted molar refractivity (Wildman–Crippen MR) is 51.4 cm³/mol. The number of aldehydes is 1. The number of carbonyl (C=O) groups excluding carboxylic acids is 1. The van der Waals surface area contributed by atoms with Crippen LogP contribution in [0, 0.1) is 0 Å². The number of rotatable bonds is 5. The highest BCUT2D eigenvalue weighted by Crippen LogP contribution is 1.90. The number of ether oxygens (including phenoxy) is 1. The van der Waals surface area contributed by atoms with E-state index in [-0.39, 0.29) is 12.7 Å². The maximum atomic E-state index is 9.86. The molecule has 0 aliphatic carbocycles. The lowest BCUT2D eigenvalue weighted by Crippen LogP contribution is -2.26. The third-order valence-electron chi connectivity index (χ3n) is 1.07. The van der Waals surface area contributed by atoms with Crippen LogP contribution in [0.15, 0.2) is 0 Å². The molecule has 0 aliphatic rings. The van der Waals surface area contributed by atoms with Gasteiger partial charge in [-0.3, -0.25) is 0 Å². The number of hydrogen-bond donors (Lipinski definition) is 0. The summed E-state index contributed by atoms with van der Waals surface area (Å²) in [6, 6.07) is 0. The molecule has 0 amide bonds. The third-order valence-corrected chi connectivity index (χ3v) is 1.07. The van der Waals surface area contributed by atoms with Crippen LogP contribution < -0.4 is 0 Å². The van der Waals surface area contributed by atoms with E-state index in [9.17, 15) is 4.79 Å². The summed E-state index contributed by atoms with van der Waals surface area (Å²) in [6.07, 6.45) is 0.909.